The van der Waals surface area contributed by atoms with Gasteiger partial charge in [0, 0.05) is 45.9 Å². The van der Waals surface area contributed by atoms with Crippen LogP contribution in [0, 0.1) is 0 Å². The molecular weight excluding hydrogens is 662 g/mol. The molecule has 0 heterocycles. The summed E-state index contributed by atoms with van der Waals surface area (Å²) in [6.07, 6.45) is 0. The molecule has 34 heteroatoms. The molecule has 0 saturated heterocycles. The molecule has 0 radical (unpaired) electrons. The van der Waals surface area contributed by atoms with E-state index in [1.165, 1.54) is 0 Å². The maximum Gasteiger partial charge on any atom is 3.00 e. The Bertz CT molecular complexity index is 233. The van der Waals surface area contributed by atoms with E-state index in [2.05, 4.69) is 0 Å². The van der Waals surface area contributed by atoms with Crippen molar-refractivity contribution in [2.45, 2.75) is 0 Å². The van der Waals surface area contributed by atoms with Crippen LogP contribution in [0.25, 0.3) is 0 Å². The smallest absolute Gasteiger partial charge is 0.870 e. The van der Waals surface area contributed by atoms with Gasteiger partial charge in [-0.15, -0.1) is 0 Å². The van der Waals surface area contributed by atoms with Crippen LogP contribution in [0.1, 0.15) is 0 Å². The Morgan fingerprint density at radius 3 is 0.294 bits per heavy atom. The Morgan fingerprint density at radius 1 is 0.294 bits per heavy atom. The molecule has 11 N–H and O–H groups in total. The maximum absolute atomic E-state index is 8.52. The van der Waals surface area contributed by atoms with Crippen molar-refractivity contribution in [1.82, 2.24) is 0 Å². The molecule has 0 fully saturated rings. The number of hydrogen-bond acceptors (Lipinski definition) is 20. The molecule has 0 saturated carbocycles. The first kappa shape index (κ1) is 154. The van der Waals surface area contributed by atoms with Gasteiger partial charge in [0.05, 0.1) is 0 Å². The van der Waals surface area contributed by atoms with Gasteiger partial charge in [-0.25, -0.2) is 0 Å². The topological polar surface area (TPSA) is 560 Å². The number of rotatable bonds is 0. The third-order valence-corrected chi connectivity index (χ3v) is 0. The fourth-order valence-corrected chi connectivity index (χ4v) is 0. The molecule has 34 heavy (non-hydrogen) atoms. The zero-order chi connectivity index (χ0) is 17.9. The summed E-state index contributed by atoms with van der Waals surface area (Å²) in [7, 11) is -18.1. The van der Waals surface area contributed by atoms with E-state index in [1.807, 2.05) is 0 Å². The first-order chi connectivity index (χ1) is 8.66. The van der Waals surface area contributed by atoms with Gasteiger partial charge in [-0.1, -0.05) is 0 Å². The summed E-state index contributed by atoms with van der Waals surface area (Å²) in [4.78, 5) is 85.2. The molecule has 0 rings (SSSR count). The quantitative estimate of drug-likeness (QED) is 0.215. The van der Waals surface area contributed by atoms with Crippen molar-refractivity contribution < 1.29 is 114 Å². The van der Waals surface area contributed by atoms with E-state index in [9.17, 15) is 0 Å². The van der Waals surface area contributed by atoms with E-state index in [0.29, 0.717) is 0 Å². The summed E-state index contributed by atoms with van der Waals surface area (Å²) in [5.41, 5.74) is 0. The summed E-state index contributed by atoms with van der Waals surface area (Å²) in [6, 6.07) is 0. The average Bonchev–Trinajstić information content (AvgIpc) is 1.94. The molecule has 0 amide bonds. The van der Waals surface area contributed by atoms with Crippen molar-refractivity contribution in [3.05, 3.63) is 0 Å². The average molecular weight is 673 g/mol. The third-order valence-electron chi connectivity index (χ3n) is 0. The van der Waals surface area contributed by atoms with Gasteiger partial charge in [-0.05, 0) is 0 Å². The molecule has 0 aliphatic rings. The van der Waals surface area contributed by atoms with Gasteiger partial charge in [-0.2, -0.15) is 0 Å². The second kappa shape index (κ2) is 141. The Kier molecular flexibility index (Phi) is 642. The van der Waals surface area contributed by atoms with Crippen LogP contribution in [-0.2, 0) is 22.3 Å². The molecule has 0 aromatic heterocycles. The SMILES string of the molecule is O.O.O.O=[Si]([O-])[O-].O=[Si]([O-])[O-].O=[Si]([O-])[O-].O=[Si]([O-])[O-].O=[Si]([O-])[O-].[Al+3].[Al+3].[Al+3].[Mg+2].[Mg+2].[Mg+2].[OH-].[OH-].[OH-].[OH-].[OH-]. The Balaban J connectivity index is -0.00000000441. The van der Waals surface area contributed by atoms with Gasteiger partial charge in [0.1, 0.15) is 0 Å². The van der Waals surface area contributed by atoms with Crippen molar-refractivity contribution >= 4 is 167 Å². The van der Waals surface area contributed by atoms with E-state index in [0.717, 1.165) is 0 Å². The molecule has 0 aliphatic carbocycles. The Hall–Kier alpha value is 1.66. The fraction of sp³-hybridized carbons (Fsp3) is 0. The van der Waals surface area contributed by atoms with Gasteiger partial charge in [0.2, 0.25) is 0 Å². The second-order valence-corrected chi connectivity index (χ2v) is 3.75. The predicted octanol–water partition coefficient (Wildman–Crippen LogP) is -20.0. The predicted molar refractivity (Wildman–Crippen MR) is 87.2 cm³/mol. The minimum atomic E-state index is -3.63. The van der Waals surface area contributed by atoms with Crippen LogP contribution in [0.3, 0.4) is 0 Å². The molecule has 0 spiro atoms. The van der Waals surface area contributed by atoms with E-state index < -0.39 is 45.9 Å². The van der Waals surface area contributed by atoms with Crippen LogP contribution < -0.4 is 48.0 Å². The normalized spacial score (nSPS) is 3.53. The fourth-order valence-electron chi connectivity index (χ4n) is 0. The Morgan fingerprint density at radius 2 is 0.294 bits per heavy atom. The van der Waals surface area contributed by atoms with Crippen molar-refractivity contribution in [2.75, 3.05) is 0 Å². The molecule has 0 aromatic rings. The molecule has 184 valence electrons. The standard InChI is InChI=1S/3Al.3Mg.5O3Si.8H2O/c;;;;;;5*1-4(2)3;;;;;;;;/h;;;;;;;;;;;8*1H2/q3*+3;3*+2;5*-2;;;;;;;;/p-5. The molecule has 0 aliphatic heterocycles. The first-order valence-corrected chi connectivity index (χ1v) is 9.19. The molecule has 23 nitrogen and oxygen atoms in total. The molecule has 0 unspecified atom stereocenters. The molecule has 0 atom stereocenters. The summed E-state index contributed by atoms with van der Waals surface area (Å²) < 4.78 is 42.6. The van der Waals surface area contributed by atoms with Crippen LogP contribution in [0.2, 0.25) is 0 Å². The minimum Gasteiger partial charge on any atom is -0.870 e. The van der Waals surface area contributed by atoms with Crippen LogP contribution in [0.4, 0.5) is 0 Å². The maximum atomic E-state index is 8.52. The van der Waals surface area contributed by atoms with E-state index in [4.69, 9.17) is 70.3 Å². The van der Waals surface area contributed by atoms with Crippen LogP contribution >= 0.6 is 0 Å². The van der Waals surface area contributed by atoms with Gasteiger partial charge in [0.25, 0.3) is 0 Å². The summed E-state index contributed by atoms with van der Waals surface area (Å²) in [5, 5.41) is 0. The van der Waals surface area contributed by atoms with E-state index in [1.54, 1.807) is 0 Å². The molecule has 0 aromatic carbocycles. The third kappa shape index (κ3) is 13000. The number of hydrogen-bond donors (Lipinski definition) is 0. The van der Waals surface area contributed by atoms with Crippen LogP contribution in [0.5, 0.6) is 0 Å². The first-order valence-electron chi connectivity index (χ1n) is 3.06. The molecular formula is H11Al3Mg3O23Si5. The summed E-state index contributed by atoms with van der Waals surface area (Å²) in [6.45, 7) is 0. The molecule has 0 bridgehead atoms. The summed E-state index contributed by atoms with van der Waals surface area (Å²) in [5.74, 6) is 0. The monoisotopic (exact) mass is 672 g/mol. The Labute approximate surface area is 278 Å². The van der Waals surface area contributed by atoms with Crippen molar-refractivity contribution in [3.8, 4) is 0 Å². The second-order valence-electron chi connectivity index (χ2n) is 1.25. The van der Waals surface area contributed by atoms with E-state index >= 15 is 0 Å². The van der Waals surface area contributed by atoms with Crippen molar-refractivity contribution in [3.63, 3.8) is 0 Å². The minimum absolute atomic E-state index is 0. The zero-order valence-electron chi connectivity index (χ0n) is 16.2. The van der Waals surface area contributed by atoms with Gasteiger partial charge in [0.15, 0.2) is 0 Å². The van der Waals surface area contributed by atoms with Crippen LogP contribution in [-0.4, -0.2) is 211 Å². The van der Waals surface area contributed by atoms with Gasteiger partial charge in [-0.3, -0.25) is 0 Å². The van der Waals surface area contributed by atoms with Crippen LogP contribution in [0.15, 0.2) is 0 Å². The van der Waals surface area contributed by atoms with E-state index in [-0.39, 0.29) is 165 Å². The largest absolute Gasteiger partial charge is 3.00 e. The van der Waals surface area contributed by atoms with Crippen molar-refractivity contribution in [1.29, 1.82) is 0 Å². The van der Waals surface area contributed by atoms with Crippen molar-refractivity contribution in [2.24, 2.45) is 0 Å². The summed E-state index contributed by atoms with van der Waals surface area (Å²) >= 11 is 0. The zero-order valence-corrected chi connectivity index (χ0v) is 28.9. The van der Waals surface area contributed by atoms with Gasteiger partial charge >= 0.3 is 121 Å². The van der Waals surface area contributed by atoms with Gasteiger partial charge < -0.3 is 114 Å².